The predicted octanol–water partition coefficient (Wildman–Crippen LogP) is 1.87. The van der Waals surface area contributed by atoms with Crippen LogP contribution in [0, 0.1) is 11.7 Å². The van der Waals surface area contributed by atoms with E-state index >= 15 is 0 Å². The van der Waals surface area contributed by atoms with E-state index in [1.54, 1.807) is 12.1 Å². The first-order chi connectivity index (χ1) is 10.2. The van der Waals surface area contributed by atoms with Gasteiger partial charge < -0.3 is 0 Å². The highest BCUT2D eigenvalue weighted by Crippen LogP contribution is 2.36. The lowest BCUT2D eigenvalue weighted by Gasteiger charge is -2.26. The van der Waals surface area contributed by atoms with Crippen molar-refractivity contribution in [3.63, 3.8) is 0 Å². The maximum atomic E-state index is 13.7. The summed E-state index contributed by atoms with van der Waals surface area (Å²) in [6.45, 7) is 1.16. The molecule has 1 aromatic carbocycles. The highest BCUT2D eigenvalue weighted by Gasteiger charge is 2.34. The van der Waals surface area contributed by atoms with Crippen molar-refractivity contribution in [2.45, 2.75) is 12.5 Å². The molecule has 1 N–H and O–H groups in total. The number of likely N-dealkylation sites (tertiary alicyclic amines) is 1. The van der Waals surface area contributed by atoms with E-state index in [-0.39, 0.29) is 17.0 Å². The van der Waals surface area contributed by atoms with E-state index in [1.165, 1.54) is 20.2 Å². The number of rotatable bonds is 5. The summed E-state index contributed by atoms with van der Waals surface area (Å²) in [6.07, 6.45) is 0.849. The Morgan fingerprint density at radius 1 is 1.45 bits per heavy atom. The Labute approximate surface area is 136 Å². The third-order valence-electron chi connectivity index (χ3n) is 4.07. The van der Waals surface area contributed by atoms with Crippen molar-refractivity contribution in [3.05, 3.63) is 34.6 Å². The maximum absolute atomic E-state index is 13.7. The molecule has 2 atom stereocenters. The van der Waals surface area contributed by atoms with E-state index < -0.39 is 16.0 Å². The lowest BCUT2D eigenvalue weighted by Crippen LogP contribution is -2.39. The molecule has 5 nitrogen and oxygen atoms in total. The largest absolute Gasteiger partial charge is 0.299 e. The summed E-state index contributed by atoms with van der Waals surface area (Å²) in [5, 5.41) is 0.0919. The van der Waals surface area contributed by atoms with Gasteiger partial charge in [-0.3, -0.25) is 4.90 Å². The zero-order valence-corrected chi connectivity index (χ0v) is 14.5. The molecule has 1 aliphatic rings. The molecule has 0 aromatic heterocycles. The Kier molecular flexibility index (Phi) is 5.45. The zero-order chi connectivity index (χ0) is 16.5. The average Bonchev–Trinajstić information content (AvgIpc) is 2.81. The SMILES string of the molecule is CN1CC[C@@H](CNS(=O)(=O)N(C)C)[C@@H]1c1ccc(Cl)c(F)c1. The average molecular weight is 350 g/mol. The Hall–Kier alpha value is -0.730. The van der Waals surface area contributed by atoms with Gasteiger partial charge in [0.25, 0.3) is 10.2 Å². The normalized spacial score (nSPS) is 23.4. The molecule has 0 amide bonds. The van der Waals surface area contributed by atoms with Gasteiger partial charge in [-0.1, -0.05) is 17.7 Å². The van der Waals surface area contributed by atoms with Gasteiger partial charge in [-0.15, -0.1) is 0 Å². The van der Waals surface area contributed by atoms with Gasteiger partial charge >= 0.3 is 0 Å². The summed E-state index contributed by atoms with van der Waals surface area (Å²) < 4.78 is 41.1. The highest BCUT2D eigenvalue weighted by atomic mass is 35.5. The van der Waals surface area contributed by atoms with Crippen molar-refractivity contribution in [3.8, 4) is 0 Å². The van der Waals surface area contributed by atoms with Crippen molar-refractivity contribution < 1.29 is 12.8 Å². The van der Waals surface area contributed by atoms with Gasteiger partial charge in [0.2, 0.25) is 0 Å². The number of halogens is 2. The molecule has 22 heavy (non-hydrogen) atoms. The Bertz CT molecular complexity index is 639. The summed E-state index contributed by atoms with van der Waals surface area (Å²) in [6, 6.07) is 4.74. The van der Waals surface area contributed by atoms with Crippen LogP contribution < -0.4 is 4.72 Å². The van der Waals surface area contributed by atoms with Crippen LogP contribution in [0.15, 0.2) is 18.2 Å². The van der Waals surface area contributed by atoms with Gasteiger partial charge in [-0.2, -0.15) is 12.7 Å². The van der Waals surface area contributed by atoms with Gasteiger partial charge in [-0.05, 0) is 43.6 Å². The molecule has 0 aliphatic carbocycles. The molecule has 0 spiro atoms. The first-order valence-electron chi connectivity index (χ1n) is 7.04. The molecule has 0 radical (unpaired) electrons. The van der Waals surface area contributed by atoms with Crippen LogP contribution in [0.1, 0.15) is 18.0 Å². The molecule has 0 bridgehead atoms. The fourth-order valence-electron chi connectivity index (χ4n) is 2.80. The third-order valence-corrected chi connectivity index (χ3v) is 5.87. The molecule has 1 saturated heterocycles. The third kappa shape index (κ3) is 3.78. The summed E-state index contributed by atoms with van der Waals surface area (Å²) in [5.74, 6) is -0.368. The van der Waals surface area contributed by atoms with Crippen LogP contribution in [0.25, 0.3) is 0 Å². The number of nitrogens with zero attached hydrogens (tertiary/aromatic N) is 2. The second kappa shape index (κ2) is 6.80. The highest BCUT2D eigenvalue weighted by molar-refractivity contribution is 7.87. The fraction of sp³-hybridized carbons (Fsp3) is 0.571. The van der Waals surface area contributed by atoms with E-state index in [1.807, 2.05) is 7.05 Å². The minimum atomic E-state index is -3.45. The van der Waals surface area contributed by atoms with Crippen LogP contribution in [0.3, 0.4) is 0 Å². The second-order valence-electron chi connectivity index (χ2n) is 5.78. The van der Waals surface area contributed by atoms with Crippen LogP contribution in [0.4, 0.5) is 4.39 Å². The molecule has 2 rings (SSSR count). The summed E-state index contributed by atoms with van der Waals surface area (Å²) in [4.78, 5) is 2.11. The van der Waals surface area contributed by atoms with Crippen LogP contribution in [0.2, 0.25) is 5.02 Å². The first kappa shape index (κ1) is 17.6. The van der Waals surface area contributed by atoms with Crippen LogP contribution in [-0.4, -0.2) is 51.9 Å². The Morgan fingerprint density at radius 3 is 2.73 bits per heavy atom. The summed E-state index contributed by atoms with van der Waals surface area (Å²) in [5.41, 5.74) is 0.816. The number of hydrogen-bond donors (Lipinski definition) is 1. The maximum Gasteiger partial charge on any atom is 0.278 e. The van der Waals surface area contributed by atoms with E-state index in [2.05, 4.69) is 9.62 Å². The van der Waals surface area contributed by atoms with E-state index in [0.29, 0.717) is 6.54 Å². The molecule has 0 saturated carbocycles. The van der Waals surface area contributed by atoms with Crippen molar-refractivity contribution in [2.75, 3.05) is 34.2 Å². The number of benzene rings is 1. The molecular weight excluding hydrogens is 329 g/mol. The van der Waals surface area contributed by atoms with Crippen molar-refractivity contribution in [1.29, 1.82) is 0 Å². The zero-order valence-electron chi connectivity index (χ0n) is 12.9. The molecule has 1 aliphatic heterocycles. The summed E-state index contributed by atoms with van der Waals surface area (Å²) >= 11 is 5.73. The van der Waals surface area contributed by atoms with Crippen LogP contribution in [-0.2, 0) is 10.2 Å². The molecule has 1 aromatic rings. The van der Waals surface area contributed by atoms with E-state index in [0.717, 1.165) is 22.8 Å². The minimum absolute atomic E-state index is 0.0309. The quantitative estimate of drug-likeness (QED) is 0.883. The van der Waals surface area contributed by atoms with Crippen molar-refractivity contribution >= 4 is 21.8 Å². The van der Waals surface area contributed by atoms with Gasteiger partial charge in [0, 0.05) is 26.7 Å². The molecule has 0 unspecified atom stereocenters. The Morgan fingerprint density at radius 2 is 2.14 bits per heavy atom. The molecule has 1 fully saturated rings. The fourth-order valence-corrected chi connectivity index (χ4v) is 3.60. The first-order valence-corrected chi connectivity index (χ1v) is 8.86. The van der Waals surface area contributed by atoms with Crippen LogP contribution in [0.5, 0.6) is 0 Å². The predicted molar refractivity (Wildman–Crippen MR) is 85.5 cm³/mol. The molecular formula is C14H21ClFN3O2S. The molecule has 8 heteroatoms. The van der Waals surface area contributed by atoms with Gasteiger partial charge in [0.1, 0.15) is 5.82 Å². The monoisotopic (exact) mass is 349 g/mol. The number of hydrogen-bond acceptors (Lipinski definition) is 3. The van der Waals surface area contributed by atoms with Crippen molar-refractivity contribution in [2.24, 2.45) is 5.92 Å². The lowest BCUT2D eigenvalue weighted by molar-refractivity contribution is 0.275. The molecule has 1 heterocycles. The smallest absolute Gasteiger partial charge is 0.278 e. The Balaban J connectivity index is 2.16. The second-order valence-corrected chi connectivity index (χ2v) is 8.16. The lowest BCUT2D eigenvalue weighted by atomic mass is 9.94. The summed E-state index contributed by atoms with van der Waals surface area (Å²) in [7, 11) is 1.46. The number of nitrogens with one attached hydrogen (secondary N) is 1. The standard InChI is InChI=1S/C14H21ClFN3O2S/c1-18(2)22(20,21)17-9-11-6-7-19(3)14(11)10-4-5-12(15)13(16)8-10/h4-5,8,11,14,17H,6-7,9H2,1-3H3/t11-,14-/m0/s1. The van der Waals surface area contributed by atoms with Gasteiger partial charge in [0.15, 0.2) is 0 Å². The molecule has 124 valence electrons. The van der Waals surface area contributed by atoms with E-state index in [9.17, 15) is 12.8 Å². The van der Waals surface area contributed by atoms with Gasteiger partial charge in [-0.25, -0.2) is 9.11 Å². The van der Waals surface area contributed by atoms with E-state index in [4.69, 9.17) is 11.6 Å². The minimum Gasteiger partial charge on any atom is -0.299 e. The van der Waals surface area contributed by atoms with Crippen LogP contribution >= 0.6 is 11.6 Å². The topological polar surface area (TPSA) is 52.7 Å². The van der Waals surface area contributed by atoms with Crippen molar-refractivity contribution in [1.82, 2.24) is 13.9 Å². The van der Waals surface area contributed by atoms with Gasteiger partial charge in [0.05, 0.1) is 5.02 Å².